The van der Waals surface area contributed by atoms with E-state index in [4.69, 9.17) is 4.74 Å². The molecule has 232 valence electrons. The zero-order valence-corrected chi connectivity index (χ0v) is 27.5. The summed E-state index contributed by atoms with van der Waals surface area (Å²) in [4.78, 5) is 2.46. The summed E-state index contributed by atoms with van der Waals surface area (Å²) in [6.07, 6.45) is 6.58. The van der Waals surface area contributed by atoms with Gasteiger partial charge in [0.05, 0.1) is 5.92 Å². The van der Waals surface area contributed by atoms with E-state index in [2.05, 4.69) is 181 Å². The van der Waals surface area contributed by atoms with Crippen LogP contribution in [0.5, 0.6) is 5.75 Å². The Morgan fingerprint density at radius 3 is 1.94 bits per heavy atom. The largest absolute Gasteiger partial charge is 0.485 e. The van der Waals surface area contributed by atoms with Gasteiger partial charge in [0.1, 0.15) is 11.9 Å². The highest BCUT2D eigenvalue weighted by Gasteiger charge is 2.41. The van der Waals surface area contributed by atoms with Gasteiger partial charge in [-0.2, -0.15) is 0 Å². The van der Waals surface area contributed by atoms with Gasteiger partial charge >= 0.3 is 0 Å². The Hall–Kier alpha value is -5.90. The van der Waals surface area contributed by atoms with Crippen molar-refractivity contribution < 1.29 is 4.74 Å². The molecular weight excluding hydrogens is 615 g/mol. The number of hydrogen-bond donors (Lipinski definition) is 0. The lowest BCUT2D eigenvalue weighted by Crippen LogP contribution is -2.29. The Balaban J connectivity index is 1.17. The van der Waals surface area contributed by atoms with Gasteiger partial charge in [-0.15, -0.1) is 11.3 Å². The minimum atomic E-state index is -0.110. The molecule has 8 aromatic rings. The predicted molar refractivity (Wildman–Crippen MR) is 207 cm³/mol. The van der Waals surface area contributed by atoms with Crippen LogP contribution in [0, 0.1) is 0 Å². The lowest BCUT2D eigenvalue weighted by Gasteiger charge is -2.34. The summed E-state index contributed by atoms with van der Waals surface area (Å²) < 4.78 is 9.48. The zero-order valence-electron chi connectivity index (χ0n) is 26.7. The number of anilines is 2. The van der Waals surface area contributed by atoms with Crippen LogP contribution >= 0.6 is 11.3 Å². The van der Waals surface area contributed by atoms with Crippen molar-refractivity contribution in [2.24, 2.45) is 0 Å². The number of hydrogen-bond acceptors (Lipinski definition) is 3. The monoisotopic (exact) mass is 645 g/mol. The van der Waals surface area contributed by atoms with Gasteiger partial charge in [0.25, 0.3) is 0 Å². The molecule has 0 saturated heterocycles. The van der Waals surface area contributed by atoms with Crippen molar-refractivity contribution in [3.63, 3.8) is 0 Å². The van der Waals surface area contributed by atoms with Crippen LogP contribution in [0.25, 0.3) is 53.2 Å². The zero-order chi connectivity index (χ0) is 32.3. The van der Waals surface area contributed by atoms with Crippen molar-refractivity contribution in [1.29, 1.82) is 0 Å². The second-order valence-corrected chi connectivity index (χ2v) is 13.9. The third-order valence-corrected chi connectivity index (χ3v) is 11.2. The normalized spacial score (nSPS) is 16.4. The first kappa shape index (κ1) is 28.1. The molecule has 1 aliphatic carbocycles. The third-order valence-electron chi connectivity index (χ3n) is 10.0. The molecule has 3 heteroatoms. The maximum Gasteiger partial charge on any atom is 0.130 e. The Kier molecular flexibility index (Phi) is 6.53. The van der Waals surface area contributed by atoms with Crippen LogP contribution in [-0.2, 0) is 0 Å². The molecule has 0 saturated carbocycles. The summed E-state index contributed by atoms with van der Waals surface area (Å²) in [7, 11) is 0. The lowest BCUT2D eigenvalue weighted by molar-refractivity contribution is 0.264. The molecule has 1 aromatic heterocycles. The van der Waals surface area contributed by atoms with Crippen molar-refractivity contribution in [3.05, 3.63) is 187 Å². The number of rotatable bonds is 5. The Bertz CT molecular complexity index is 2580. The topological polar surface area (TPSA) is 12.5 Å². The highest BCUT2D eigenvalue weighted by molar-refractivity contribution is 7.25. The van der Waals surface area contributed by atoms with Crippen LogP contribution in [0.3, 0.4) is 0 Å². The van der Waals surface area contributed by atoms with Gasteiger partial charge in [-0.05, 0) is 87.6 Å². The fraction of sp³-hybridized carbons (Fsp3) is 0.0435. The molecule has 10 rings (SSSR count). The molecule has 0 amide bonds. The van der Waals surface area contributed by atoms with E-state index in [0.29, 0.717) is 0 Å². The first-order valence-electron chi connectivity index (χ1n) is 16.8. The van der Waals surface area contributed by atoms with Crippen molar-refractivity contribution in [2.75, 3.05) is 4.90 Å². The molecule has 0 spiro atoms. The summed E-state index contributed by atoms with van der Waals surface area (Å²) in [6.45, 7) is 0. The maximum absolute atomic E-state index is 6.87. The second-order valence-electron chi connectivity index (χ2n) is 12.8. The van der Waals surface area contributed by atoms with Gasteiger partial charge in [-0.1, -0.05) is 121 Å². The Labute approximate surface area is 289 Å². The number of fused-ring (bicyclic) bond motifs is 8. The number of thiophene rings is 1. The van der Waals surface area contributed by atoms with E-state index in [1.54, 1.807) is 0 Å². The number of benzene rings is 7. The van der Waals surface area contributed by atoms with Gasteiger partial charge in [0, 0.05) is 42.8 Å². The average Bonchev–Trinajstić information content (AvgIpc) is 3.74. The van der Waals surface area contributed by atoms with Crippen molar-refractivity contribution >= 4 is 53.7 Å². The first-order chi connectivity index (χ1) is 24.3. The van der Waals surface area contributed by atoms with E-state index in [9.17, 15) is 0 Å². The van der Waals surface area contributed by atoms with Crippen LogP contribution in [0.4, 0.5) is 11.4 Å². The molecule has 2 heterocycles. The fourth-order valence-electron chi connectivity index (χ4n) is 7.81. The fourth-order valence-corrected chi connectivity index (χ4v) is 8.89. The smallest absolute Gasteiger partial charge is 0.130 e. The van der Waals surface area contributed by atoms with Crippen LogP contribution in [0.1, 0.15) is 11.5 Å². The Morgan fingerprint density at radius 1 is 0.510 bits per heavy atom. The first-order valence-corrected chi connectivity index (χ1v) is 17.6. The van der Waals surface area contributed by atoms with Gasteiger partial charge < -0.3 is 9.64 Å². The summed E-state index contributed by atoms with van der Waals surface area (Å²) >= 11 is 1.86. The average molecular weight is 646 g/mol. The minimum Gasteiger partial charge on any atom is -0.485 e. The van der Waals surface area contributed by atoms with Crippen LogP contribution < -0.4 is 9.64 Å². The van der Waals surface area contributed by atoms with Gasteiger partial charge in [0.15, 0.2) is 0 Å². The van der Waals surface area contributed by atoms with Gasteiger partial charge in [0.2, 0.25) is 0 Å². The maximum atomic E-state index is 6.87. The molecular formula is C46H31NOS. The van der Waals surface area contributed by atoms with Crippen LogP contribution in [0.2, 0.25) is 0 Å². The van der Waals surface area contributed by atoms with E-state index in [1.165, 1.54) is 64.5 Å². The van der Waals surface area contributed by atoms with Crippen LogP contribution in [-0.4, -0.2) is 6.10 Å². The summed E-state index contributed by atoms with van der Waals surface area (Å²) in [5.41, 5.74) is 9.53. The molecule has 1 aliphatic heterocycles. The van der Waals surface area contributed by atoms with E-state index < -0.39 is 0 Å². The molecule has 0 fully saturated rings. The quantitative estimate of drug-likeness (QED) is 0.185. The van der Waals surface area contributed by atoms with E-state index >= 15 is 0 Å². The summed E-state index contributed by atoms with van der Waals surface area (Å²) in [5, 5.41) is 5.07. The molecule has 0 N–H and O–H groups in total. The SMILES string of the molecule is C1=CC2Oc3cc(-c4ccccc4)c4ccccc4c3C2C(N(c2ccc(-c3ccccc3)cc2)c2ccc3sc4ccccc4c3c2)=C1. The lowest BCUT2D eigenvalue weighted by atomic mass is 9.83. The van der Waals surface area contributed by atoms with Crippen molar-refractivity contribution in [2.45, 2.75) is 12.0 Å². The van der Waals surface area contributed by atoms with Gasteiger partial charge in [-0.25, -0.2) is 0 Å². The number of allylic oxidation sites excluding steroid dienone is 2. The van der Waals surface area contributed by atoms with Gasteiger partial charge in [-0.3, -0.25) is 0 Å². The molecule has 2 aliphatic rings. The summed E-state index contributed by atoms with van der Waals surface area (Å²) in [5.74, 6) is 0.974. The van der Waals surface area contributed by atoms with Crippen molar-refractivity contribution in [1.82, 2.24) is 0 Å². The molecule has 7 aromatic carbocycles. The van der Waals surface area contributed by atoms with E-state index in [0.717, 1.165) is 17.1 Å². The van der Waals surface area contributed by atoms with E-state index in [1.807, 2.05) is 11.3 Å². The molecule has 2 unspecified atom stereocenters. The number of nitrogens with zero attached hydrogens (tertiary/aromatic N) is 1. The highest BCUT2D eigenvalue weighted by atomic mass is 32.1. The molecule has 0 bridgehead atoms. The molecule has 0 radical (unpaired) electrons. The highest BCUT2D eigenvalue weighted by Crippen LogP contribution is 2.53. The predicted octanol–water partition coefficient (Wildman–Crippen LogP) is 12.7. The van der Waals surface area contributed by atoms with Crippen molar-refractivity contribution in [3.8, 4) is 28.0 Å². The third kappa shape index (κ3) is 4.62. The number of ether oxygens (including phenoxy) is 1. The molecule has 49 heavy (non-hydrogen) atoms. The summed E-state index contributed by atoms with van der Waals surface area (Å²) in [6, 6.07) is 57.0. The molecule has 2 nitrogen and oxygen atoms in total. The Morgan fingerprint density at radius 2 is 1.14 bits per heavy atom. The second kappa shape index (κ2) is 11.4. The van der Waals surface area contributed by atoms with Crippen LogP contribution in [0.15, 0.2) is 182 Å². The van der Waals surface area contributed by atoms with E-state index in [-0.39, 0.29) is 12.0 Å². The molecule has 2 atom stereocenters. The minimum absolute atomic E-state index is 0.0124. The standard InChI is InChI=1S/C46H31NOS/c1-3-12-30(13-4-1)31-22-24-33(25-23-31)47(34-26-27-44-39(28-34)36-17-9-10-21-43(36)49-44)40-19-11-20-41-46(40)45-37-18-8-7-16-35(37)38(29-42(45)48-41)32-14-5-2-6-15-32/h1-29,41,46H.